The number of hydrogen-bond donors (Lipinski definition) is 0. The first-order valence-corrected chi connectivity index (χ1v) is 7.34. The Morgan fingerprint density at radius 1 is 1.15 bits per heavy atom. The quantitative estimate of drug-likeness (QED) is 0.657. The first-order valence-electron chi connectivity index (χ1n) is 7.34. The summed E-state index contributed by atoms with van der Waals surface area (Å²) in [6.45, 7) is 4.49. The van der Waals surface area contributed by atoms with E-state index in [1.807, 2.05) is 0 Å². The van der Waals surface area contributed by atoms with Gasteiger partial charge in [-0.15, -0.1) is 0 Å². The van der Waals surface area contributed by atoms with E-state index in [9.17, 15) is 9.59 Å². The zero-order valence-electron chi connectivity index (χ0n) is 12.3. The molecule has 2 saturated heterocycles. The fraction of sp³-hybridized carbons (Fsp3) is 0.857. The van der Waals surface area contributed by atoms with E-state index in [0.29, 0.717) is 26.4 Å². The molecule has 0 aromatic rings. The lowest BCUT2D eigenvalue weighted by Gasteiger charge is -2.46. The molecular weight excluding hydrogens is 260 g/mol. The van der Waals surface area contributed by atoms with Gasteiger partial charge in [0.25, 0.3) is 0 Å². The van der Waals surface area contributed by atoms with Crippen LogP contribution in [0.15, 0.2) is 0 Å². The number of nitrogens with zero attached hydrogens (tertiary/aromatic N) is 2. The molecule has 6 nitrogen and oxygen atoms in total. The van der Waals surface area contributed by atoms with Crippen LogP contribution in [0, 0.1) is 0 Å². The van der Waals surface area contributed by atoms with Gasteiger partial charge < -0.3 is 19.3 Å². The van der Waals surface area contributed by atoms with Gasteiger partial charge in [0.15, 0.2) is 0 Å². The lowest BCUT2D eigenvalue weighted by atomic mass is 9.96. The molecule has 0 bridgehead atoms. The van der Waals surface area contributed by atoms with Gasteiger partial charge in [-0.05, 0) is 26.2 Å². The molecule has 0 N–H and O–H groups in total. The first-order chi connectivity index (χ1) is 9.66. The molecule has 2 fully saturated rings. The number of piperazine rings is 1. The highest BCUT2D eigenvalue weighted by Gasteiger charge is 2.44. The van der Waals surface area contributed by atoms with E-state index in [-0.39, 0.29) is 23.9 Å². The molecule has 0 aliphatic carbocycles. The molecule has 2 heterocycles. The molecular formula is C14H24N2O4. The number of piperidine rings is 1. The van der Waals surface area contributed by atoms with Crippen molar-refractivity contribution in [1.82, 2.24) is 9.80 Å². The third kappa shape index (κ3) is 3.12. The van der Waals surface area contributed by atoms with E-state index < -0.39 is 0 Å². The molecule has 2 aliphatic rings. The molecule has 0 aromatic heterocycles. The SMILES string of the molecule is COCCOCCN1C(=O)C2CCCCN2C(=O)C1C. The zero-order chi connectivity index (χ0) is 14.5. The number of ether oxygens (including phenoxy) is 2. The van der Waals surface area contributed by atoms with Gasteiger partial charge in [-0.2, -0.15) is 0 Å². The molecule has 6 heteroatoms. The van der Waals surface area contributed by atoms with Crippen molar-refractivity contribution in [3.63, 3.8) is 0 Å². The molecule has 0 radical (unpaired) electrons. The Bertz CT molecular complexity index is 361. The monoisotopic (exact) mass is 284 g/mol. The lowest BCUT2D eigenvalue weighted by Crippen LogP contribution is -2.65. The summed E-state index contributed by atoms with van der Waals surface area (Å²) in [6.07, 6.45) is 2.81. The predicted octanol–water partition coefficient (Wildman–Crippen LogP) is 0.261. The van der Waals surface area contributed by atoms with Crippen LogP contribution in [0.25, 0.3) is 0 Å². The van der Waals surface area contributed by atoms with Gasteiger partial charge in [-0.1, -0.05) is 0 Å². The molecule has 114 valence electrons. The predicted molar refractivity (Wildman–Crippen MR) is 73.2 cm³/mol. The Kier molecular flexibility index (Phi) is 5.37. The van der Waals surface area contributed by atoms with Crippen LogP contribution in [0.3, 0.4) is 0 Å². The van der Waals surface area contributed by atoms with Crippen LogP contribution in [0.4, 0.5) is 0 Å². The second-order valence-corrected chi connectivity index (χ2v) is 5.36. The van der Waals surface area contributed by atoms with Crippen molar-refractivity contribution in [1.29, 1.82) is 0 Å². The zero-order valence-corrected chi connectivity index (χ0v) is 12.3. The average molecular weight is 284 g/mol. The maximum absolute atomic E-state index is 12.5. The van der Waals surface area contributed by atoms with Crippen LogP contribution < -0.4 is 0 Å². The molecule has 20 heavy (non-hydrogen) atoms. The minimum Gasteiger partial charge on any atom is -0.382 e. The van der Waals surface area contributed by atoms with Gasteiger partial charge in [-0.3, -0.25) is 9.59 Å². The smallest absolute Gasteiger partial charge is 0.246 e. The van der Waals surface area contributed by atoms with Crippen LogP contribution in [0.2, 0.25) is 0 Å². The Morgan fingerprint density at radius 2 is 1.95 bits per heavy atom. The van der Waals surface area contributed by atoms with Gasteiger partial charge in [-0.25, -0.2) is 0 Å². The fourth-order valence-corrected chi connectivity index (χ4v) is 2.92. The van der Waals surface area contributed by atoms with Crippen molar-refractivity contribution in [2.24, 2.45) is 0 Å². The fourth-order valence-electron chi connectivity index (χ4n) is 2.92. The Morgan fingerprint density at radius 3 is 2.70 bits per heavy atom. The summed E-state index contributed by atoms with van der Waals surface area (Å²) in [5.41, 5.74) is 0. The van der Waals surface area contributed by atoms with Crippen molar-refractivity contribution < 1.29 is 19.1 Å². The number of carbonyl (C=O) groups is 2. The van der Waals surface area contributed by atoms with Gasteiger partial charge in [0.2, 0.25) is 11.8 Å². The maximum Gasteiger partial charge on any atom is 0.246 e. The van der Waals surface area contributed by atoms with E-state index in [1.54, 1.807) is 23.8 Å². The number of amides is 2. The number of rotatable bonds is 6. The van der Waals surface area contributed by atoms with Crippen LogP contribution in [-0.2, 0) is 19.1 Å². The van der Waals surface area contributed by atoms with Crippen LogP contribution in [-0.4, -0.2) is 73.7 Å². The molecule has 2 rings (SSSR count). The van der Waals surface area contributed by atoms with Crippen LogP contribution in [0.5, 0.6) is 0 Å². The molecule has 2 atom stereocenters. The van der Waals surface area contributed by atoms with Crippen LogP contribution in [0.1, 0.15) is 26.2 Å². The lowest BCUT2D eigenvalue weighted by molar-refractivity contribution is -0.163. The minimum absolute atomic E-state index is 0.0752. The number of fused-ring (bicyclic) bond motifs is 1. The highest BCUT2D eigenvalue weighted by Crippen LogP contribution is 2.25. The maximum atomic E-state index is 12.5. The van der Waals surface area contributed by atoms with Crippen molar-refractivity contribution in [2.45, 2.75) is 38.3 Å². The third-order valence-electron chi connectivity index (χ3n) is 4.09. The van der Waals surface area contributed by atoms with Gasteiger partial charge in [0.1, 0.15) is 12.1 Å². The van der Waals surface area contributed by atoms with E-state index in [4.69, 9.17) is 9.47 Å². The second kappa shape index (κ2) is 7.04. The molecule has 0 spiro atoms. The number of hydrogen-bond acceptors (Lipinski definition) is 4. The summed E-state index contributed by atoms with van der Waals surface area (Å²) in [7, 11) is 1.62. The summed E-state index contributed by atoms with van der Waals surface area (Å²) in [4.78, 5) is 28.2. The summed E-state index contributed by atoms with van der Waals surface area (Å²) < 4.78 is 10.3. The van der Waals surface area contributed by atoms with Crippen molar-refractivity contribution in [3.05, 3.63) is 0 Å². The normalized spacial score (nSPS) is 26.9. The van der Waals surface area contributed by atoms with Crippen LogP contribution >= 0.6 is 0 Å². The summed E-state index contributed by atoms with van der Waals surface area (Å²) in [5.74, 6) is 0.151. The Labute approximate surface area is 120 Å². The third-order valence-corrected chi connectivity index (χ3v) is 4.09. The number of methoxy groups -OCH3 is 1. The summed E-state index contributed by atoms with van der Waals surface area (Å²) in [6, 6.07) is -0.616. The first kappa shape index (κ1) is 15.3. The van der Waals surface area contributed by atoms with Crippen molar-refractivity contribution in [2.75, 3.05) is 40.0 Å². The van der Waals surface area contributed by atoms with E-state index >= 15 is 0 Å². The van der Waals surface area contributed by atoms with E-state index in [2.05, 4.69) is 0 Å². The molecule has 0 saturated carbocycles. The van der Waals surface area contributed by atoms with Crippen molar-refractivity contribution in [3.8, 4) is 0 Å². The highest BCUT2D eigenvalue weighted by atomic mass is 16.5. The van der Waals surface area contributed by atoms with Gasteiger partial charge >= 0.3 is 0 Å². The number of carbonyl (C=O) groups excluding carboxylic acids is 2. The topological polar surface area (TPSA) is 59.1 Å². The Hall–Kier alpha value is -1.14. The Balaban J connectivity index is 1.91. The standard InChI is InChI=1S/C14H24N2O4/c1-11-13(17)16-6-4-3-5-12(16)14(18)15(11)7-8-20-10-9-19-2/h11-12H,3-10H2,1-2H3. The summed E-state index contributed by atoms with van der Waals surface area (Å²) >= 11 is 0. The highest BCUT2D eigenvalue weighted by molar-refractivity contribution is 5.96. The van der Waals surface area contributed by atoms with E-state index in [1.165, 1.54) is 0 Å². The minimum atomic E-state index is -0.372. The second-order valence-electron chi connectivity index (χ2n) is 5.36. The molecule has 2 amide bonds. The van der Waals surface area contributed by atoms with E-state index in [0.717, 1.165) is 25.8 Å². The van der Waals surface area contributed by atoms with Gasteiger partial charge in [0.05, 0.1) is 19.8 Å². The average Bonchev–Trinajstić information content (AvgIpc) is 2.48. The van der Waals surface area contributed by atoms with Crippen molar-refractivity contribution >= 4 is 11.8 Å². The summed E-state index contributed by atoms with van der Waals surface area (Å²) in [5, 5.41) is 0. The molecule has 2 unspecified atom stereocenters. The molecule has 2 aliphatic heterocycles. The largest absolute Gasteiger partial charge is 0.382 e. The van der Waals surface area contributed by atoms with Gasteiger partial charge in [0, 0.05) is 20.2 Å². The molecule has 0 aromatic carbocycles.